The van der Waals surface area contributed by atoms with Crippen molar-refractivity contribution in [3.05, 3.63) is 27.1 Å². The van der Waals surface area contributed by atoms with E-state index in [-0.39, 0.29) is 11.5 Å². The summed E-state index contributed by atoms with van der Waals surface area (Å²) >= 11 is 1.81. The molecule has 0 heterocycles. The van der Waals surface area contributed by atoms with Gasteiger partial charge >= 0.3 is 0 Å². The number of carbonyl (C=O) groups is 1. The second-order valence-electron chi connectivity index (χ2n) is 2.73. The van der Waals surface area contributed by atoms with Gasteiger partial charge in [0.2, 0.25) is 0 Å². The van der Waals surface area contributed by atoms with Crippen molar-refractivity contribution in [1.29, 1.82) is 0 Å². The van der Waals surface area contributed by atoms with Crippen LogP contribution in [-0.2, 0) is 0 Å². The lowest BCUT2D eigenvalue weighted by Crippen LogP contribution is -2.02. The summed E-state index contributed by atoms with van der Waals surface area (Å²) in [6.45, 7) is 3.61. The highest BCUT2D eigenvalue weighted by Gasteiger charge is 2.14. The van der Waals surface area contributed by atoms with Crippen LogP contribution >= 0.6 is 22.6 Å². The smallest absolute Gasteiger partial charge is 0.179 e. The van der Waals surface area contributed by atoms with E-state index in [0.717, 1.165) is 0 Å². The summed E-state index contributed by atoms with van der Waals surface area (Å²) in [5.41, 5.74) is 0.395. The van der Waals surface area contributed by atoms with Crippen LogP contribution in [0.2, 0.25) is 0 Å². The summed E-state index contributed by atoms with van der Waals surface area (Å²) in [5.74, 6) is -0.404. The van der Waals surface area contributed by atoms with Crippen LogP contribution < -0.4 is 4.74 Å². The Morgan fingerprint density at radius 1 is 1.57 bits per heavy atom. The monoisotopic (exact) mass is 308 g/mol. The number of carbonyl (C=O) groups excluding carboxylic acids is 1. The molecule has 0 atom stereocenters. The minimum atomic E-state index is -0.458. The standard InChI is InChI=1S/C10H10FIO2/c1-3-14-8-5-4-7(6(2)13)10(12)9(8)11/h4-5H,3H2,1-2H3. The predicted molar refractivity (Wildman–Crippen MR) is 60.3 cm³/mol. The predicted octanol–water partition coefficient (Wildman–Crippen LogP) is 3.03. The molecule has 1 rings (SSSR count). The van der Waals surface area contributed by atoms with Gasteiger partial charge in [-0.15, -0.1) is 0 Å². The molecule has 0 aromatic heterocycles. The third kappa shape index (κ3) is 2.23. The van der Waals surface area contributed by atoms with Gasteiger partial charge in [0.25, 0.3) is 0 Å². The molecule has 4 heteroatoms. The number of ketones is 1. The molecule has 0 aliphatic heterocycles. The zero-order valence-corrected chi connectivity index (χ0v) is 10.1. The van der Waals surface area contributed by atoms with Crippen molar-refractivity contribution < 1.29 is 13.9 Å². The van der Waals surface area contributed by atoms with Gasteiger partial charge in [-0.25, -0.2) is 4.39 Å². The van der Waals surface area contributed by atoms with Crippen molar-refractivity contribution in [3.8, 4) is 5.75 Å². The summed E-state index contributed by atoms with van der Waals surface area (Å²) in [7, 11) is 0. The van der Waals surface area contributed by atoms with Gasteiger partial charge in [0, 0.05) is 5.56 Å². The van der Waals surface area contributed by atoms with E-state index in [2.05, 4.69) is 0 Å². The van der Waals surface area contributed by atoms with E-state index in [1.165, 1.54) is 13.0 Å². The molecule has 0 aliphatic rings. The van der Waals surface area contributed by atoms with Crippen molar-refractivity contribution in [2.45, 2.75) is 13.8 Å². The first kappa shape index (κ1) is 11.4. The molecule has 0 spiro atoms. The zero-order valence-electron chi connectivity index (χ0n) is 7.93. The average molecular weight is 308 g/mol. The molecular weight excluding hydrogens is 298 g/mol. The summed E-state index contributed by atoms with van der Waals surface area (Å²) in [5, 5.41) is 0. The first-order valence-corrected chi connectivity index (χ1v) is 5.27. The molecule has 2 nitrogen and oxygen atoms in total. The molecule has 14 heavy (non-hydrogen) atoms. The molecule has 0 aliphatic carbocycles. The number of halogens is 2. The zero-order chi connectivity index (χ0) is 10.7. The van der Waals surface area contributed by atoms with Gasteiger partial charge in [-0.1, -0.05) is 0 Å². The highest BCUT2D eigenvalue weighted by Crippen LogP contribution is 2.25. The van der Waals surface area contributed by atoms with Crippen LogP contribution in [0.25, 0.3) is 0 Å². The highest BCUT2D eigenvalue weighted by molar-refractivity contribution is 14.1. The minimum Gasteiger partial charge on any atom is -0.491 e. The first-order chi connectivity index (χ1) is 6.57. The molecule has 0 N–H and O–H groups in total. The number of Topliss-reactive ketones (excluding diaryl/α,β-unsaturated/α-hetero) is 1. The van der Waals surface area contributed by atoms with Gasteiger partial charge in [0.05, 0.1) is 10.2 Å². The molecular formula is C10H10FIO2. The fourth-order valence-electron chi connectivity index (χ4n) is 1.07. The number of benzene rings is 1. The van der Waals surface area contributed by atoms with E-state index in [1.54, 1.807) is 13.0 Å². The molecule has 76 valence electrons. The average Bonchev–Trinajstić information content (AvgIpc) is 2.13. The summed E-state index contributed by atoms with van der Waals surface area (Å²) < 4.78 is 18.9. The van der Waals surface area contributed by atoms with Crippen LogP contribution in [0, 0.1) is 9.39 Å². The highest BCUT2D eigenvalue weighted by atomic mass is 127. The van der Waals surface area contributed by atoms with Gasteiger partial charge in [0.1, 0.15) is 0 Å². The fourth-order valence-corrected chi connectivity index (χ4v) is 1.90. The quantitative estimate of drug-likeness (QED) is 0.634. The molecule has 1 aromatic rings. The Morgan fingerprint density at radius 3 is 2.71 bits per heavy atom. The minimum absolute atomic E-state index is 0.142. The molecule has 0 fully saturated rings. The van der Waals surface area contributed by atoms with Crippen molar-refractivity contribution in [2.75, 3.05) is 6.61 Å². The van der Waals surface area contributed by atoms with Crippen molar-refractivity contribution in [3.63, 3.8) is 0 Å². The number of hydrogen-bond acceptors (Lipinski definition) is 2. The number of ether oxygens (including phenoxy) is 1. The first-order valence-electron chi connectivity index (χ1n) is 4.19. The van der Waals surface area contributed by atoms with E-state index < -0.39 is 5.82 Å². The third-order valence-corrected chi connectivity index (χ3v) is 2.78. The Bertz CT molecular complexity index is 363. The molecule has 0 saturated heterocycles. The van der Waals surface area contributed by atoms with E-state index in [1.807, 2.05) is 22.6 Å². The number of rotatable bonds is 3. The lowest BCUT2D eigenvalue weighted by Gasteiger charge is -2.07. The van der Waals surface area contributed by atoms with Crippen molar-refractivity contribution in [1.82, 2.24) is 0 Å². The summed E-state index contributed by atoms with van der Waals surface area (Å²) in [6, 6.07) is 3.07. The molecule has 0 unspecified atom stereocenters. The molecule has 1 aromatic carbocycles. The molecule has 0 saturated carbocycles. The number of hydrogen-bond donors (Lipinski definition) is 0. The summed E-state index contributed by atoms with van der Waals surface area (Å²) in [6.07, 6.45) is 0. The van der Waals surface area contributed by atoms with Crippen molar-refractivity contribution in [2.24, 2.45) is 0 Å². The van der Waals surface area contributed by atoms with E-state index in [4.69, 9.17) is 4.74 Å². The van der Waals surface area contributed by atoms with Crippen LogP contribution in [0.4, 0.5) is 4.39 Å². The molecule has 0 bridgehead atoms. The largest absolute Gasteiger partial charge is 0.491 e. The summed E-state index contributed by atoms with van der Waals surface area (Å²) in [4.78, 5) is 11.1. The van der Waals surface area contributed by atoms with Gasteiger partial charge in [0.15, 0.2) is 17.3 Å². The lowest BCUT2D eigenvalue weighted by atomic mass is 10.1. The Morgan fingerprint density at radius 2 is 2.21 bits per heavy atom. The Labute approximate surface area is 95.6 Å². The second kappa shape index (κ2) is 4.72. The Kier molecular flexibility index (Phi) is 3.86. The van der Waals surface area contributed by atoms with Crippen LogP contribution in [0.1, 0.15) is 24.2 Å². The second-order valence-corrected chi connectivity index (χ2v) is 3.81. The van der Waals surface area contributed by atoms with Crippen LogP contribution in [0.15, 0.2) is 12.1 Å². The van der Waals surface area contributed by atoms with Crippen LogP contribution in [0.5, 0.6) is 5.75 Å². The Balaban J connectivity index is 3.19. The fraction of sp³-hybridized carbons (Fsp3) is 0.300. The van der Waals surface area contributed by atoms with Gasteiger partial charge in [-0.05, 0) is 48.6 Å². The van der Waals surface area contributed by atoms with Gasteiger partial charge < -0.3 is 4.74 Å². The van der Waals surface area contributed by atoms with E-state index >= 15 is 0 Å². The maximum absolute atomic E-state index is 13.5. The van der Waals surface area contributed by atoms with Crippen LogP contribution in [-0.4, -0.2) is 12.4 Å². The van der Waals surface area contributed by atoms with Gasteiger partial charge in [-0.2, -0.15) is 0 Å². The van der Waals surface area contributed by atoms with E-state index in [9.17, 15) is 9.18 Å². The van der Waals surface area contributed by atoms with Gasteiger partial charge in [-0.3, -0.25) is 4.79 Å². The maximum Gasteiger partial charge on any atom is 0.179 e. The maximum atomic E-state index is 13.5. The normalized spacial score (nSPS) is 10.0. The van der Waals surface area contributed by atoms with E-state index in [0.29, 0.717) is 15.7 Å². The van der Waals surface area contributed by atoms with Crippen molar-refractivity contribution >= 4 is 28.4 Å². The lowest BCUT2D eigenvalue weighted by molar-refractivity contribution is 0.101. The Hall–Kier alpha value is -0.650. The molecule has 0 amide bonds. The SMILES string of the molecule is CCOc1ccc(C(C)=O)c(I)c1F. The third-order valence-electron chi connectivity index (χ3n) is 1.73. The molecule has 0 radical (unpaired) electrons. The topological polar surface area (TPSA) is 26.3 Å². The van der Waals surface area contributed by atoms with Crippen LogP contribution in [0.3, 0.4) is 0 Å².